The standard InChI is InChI=1S/C20H18N8O3/c1-26-15-16(25-18(26)23-14-7-8-21-19(30)24-14)27(2)20(31)28(17(15)29)10-12-9-11-5-3-4-6-13(11)22-12/h3-9,22H,10H2,1-2H3,(H2,21,23,24,25,30). The van der Waals surface area contributed by atoms with Gasteiger partial charge in [-0.1, -0.05) is 18.2 Å². The van der Waals surface area contributed by atoms with Crippen LogP contribution < -0.4 is 22.3 Å². The van der Waals surface area contributed by atoms with E-state index in [1.165, 1.54) is 15.3 Å². The van der Waals surface area contributed by atoms with Crippen molar-refractivity contribution in [1.29, 1.82) is 0 Å². The highest BCUT2D eigenvalue weighted by atomic mass is 16.2. The van der Waals surface area contributed by atoms with E-state index in [0.717, 1.165) is 16.6 Å². The van der Waals surface area contributed by atoms with Crippen LogP contribution in [0.3, 0.4) is 0 Å². The highest BCUT2D eigenvalue weighted by Gasteiger charge is 2.19. The van der Waals surface area contributed by atoms with Gasteiger partial charge in [0, 0.05) is 31.5 Å². The lowest BCUT2D eigenvalue weighted by Crippen LogP contribution is -2.39. The van der Waals surface area contributed by atoms with E-state index in [0.29, 0.717) is 0 Å². The minimum atomic E-state index is -0.517. The summed E-state index contributed by atoms with van der Waals surface area (Å²) in [6.45, 7) is 0.0969. The lowest BCUT2D eigenvalue weighted by atomic mass is 10.2. The van der Waals surface area contributed by atoms with Crippen molar-refractivity contribution in [1.82, 2.24) is 33.6 Å². The van der Waals surface area contributed by atoms with Crippen molar-refractivity contribution < 1.29 is 0 Å². The Balaban J connectivity index is 1.63. The summed E-state index contributed by atoms with van der Waals surface area (Å²) in [5.74, 6) is 0.550. The number of H-pyrrole nitrogens is 2. The van der Waals surface area contributed by atoms with Crippen molar-refractivity contribution in [3.8, 4) is 0 Å². The molecule has 3 N–H and O–H groups in total. The molecule has 0 aliphatic carbocycles. The Bertz CT molecular complexity index is 1600. The fraction of sp³-hybridized carbons (Fsp3) is 0.150. The van der Waals surface area contributed by atoms with Crippen LogP contribution in [0, 0.1) is 0 Å². The number of fused-ring (bicyclic) bond motifs is 2. The maximum absolute atomic E-state index is 13.2. The monoisotopic (exact) mass is 418 g/mol. The second-order valence-electron chi connectivity index (χ2n) is 7.19. The molecule has 0 aliphatic heterocycles. The Morgan fingerprint density at radius 2 is 1.84 bits per heavy atom. The van der Waals surface area contributed by atoms with Gasteiger partial charge in [-0.25, -0.2) is 9.59 Å². The van der Waals surface area contributed by atoms with Crippen LogP contribution in [0.1, 0.15) is 5.69 Å². The lowest BCUT2D eigenvalue weighted by Gasteiger charge is -2.08. The molecule has 0 saturated heterocycles. The summed E-state index contributed by atoms with van der Waals surface area (Å²) < 4.78 is 4.04. The Morgan fingerprint density at radius 3 is 2.61 bits per heavy atom. The molecule has 5 rings (SSSR count). The van der Waals surface area contributed by atoms with Crippen LogP contribution in [0.25, 0.3) is 22.1 Å². The van der Waals surface area contributed by atoms with Crippen LogP contribution in [-0.4, -0.2) is 33.6 Å². The molecule has 0 unspecified atom stereocenters. The maximum atomic E-state index is 13.2. The minimum Gasteiger partial charge on any atom is -0.357 e. The van der Waals surface area contributed by atoms with Gasteiger partial charge in [0.25, 0.3) is 5.56 Å². The summed E-state index contributed by atoms with van der Waals surface area (Å²) in [7, 11) is 3.22. The van der Waals surface area contributed by atoms with Gasteiger partial charge in [0.2, 0.25) is 5.95 Å². The zero-order chi connectivity index (χ0) is 21.7. The smallest absolute Gasteiger partial charge is 0.346 e. The zero-order valence-corrected chi connectivity index (χ0v) is 16.7. The van der Waals surface area contributed by atoms with Crippen LogP contribution in [0.4, 0.5) is 11.8 Å². The molecular weight excluding hydrogens is 400 g/mol. The SMILES string of the molecule is Cn1c(Nc2cc[nH]c(=O)n2)nc2c1c(=O)n(Cc1cc3ccccc3[nH]1)c(=O)n2C. The number of aromatic nitrogens is 7. The predicted octanol–water partition coefficient (Wildman–Crippen LogP) is 0.790. The normalized spacial score (nSPS) is 11.4. The number of nitrogens with zero attached hydrogens (tertiary/aromatic N) is 5. The first-order valence-electron chi connectivity index (χ1n) is 9.48. The lowest BCUT2D eigenvalue weighted by molar-refractivity contribution is 0.648. The topological polar surface area (TPSA) is 135 Å². The van der Waals surface area contributed by atoms with Gasteiger partial charge in [0.15, 0.2) is 11.2 Å². The van der Waals surface area contributed by atoms with Crippen molar-refractivity contribution in [3.05, 3.63) is 79.6 Å². The van der Waals surface area contributed by atoms with Crippen molar-refractivity contribution >= 4 is 33.8 Å². The third kappa shape index (κ3) is 3.03. The molecule has 156 valence electrons. The van der Waals surface area contributed by atoms with Crippen LogP contribution in [-0.2, 0) is 20.6 Å². The summed E-state index contributed by atoms with van der Waals surface area (Å²) in [5, 5.41) is 3.92. The number of aromatic amines is 2. The van der Waals surface area contributed by atoms with E-state index >= 15 is 0 Å². The third-order valence-corrected chi connectivity index (χ3v) is 5.18. The van der Waals surface area contributed by atoms with Crippen LogP contribution in [0.5, 0.6) is 0 Å². The molecule has 31 heavy (non-hydrogen) atoms. The molecule has 4 heterocycles. The van der Waals surface area contributed by atoms with Crippen LogP contribution in [0.15, 0.2) is 57.0 Å². The molecule has 0 spiro atoms. The number of imidazole rings is 1. The Hall–Kier alpha value is -4.41. The van der Waals surface area contributed by atoms with E-state index in [1.54, 1.807) is 24.7 Å². The van der Waals surface area contributed by atoms with E-state index in [1.807, 2.05) is 30.3 Å². The van der Waals surface area contributed by atoms with E-state index in [2.05, 4.69) is 25.3 Å². The van der Waals surface area contributed by atoms with E-state index in [4.69, 9.17) is 0 Å². The third-order valence-electron chi connectivity index (χ3n) is 5.18. The number of rotatable bonds is 4. The molecule has 0 aliphatic rings. The minimum absolute atomic E-state index is 0.0969. The molecule has 4 aromatic heterocycles. The van der Waals surface area contributed by atoms with Gasteiger partial charge in [0.1, 0.15) is 5.82 Å². The number of benzene rings is 1. The quantitative estimate of drug-likeness (QED) is 0.395. The molecule has 0 amide bonds. The van der Waals surface area contributed by atoms with Crippen LogP contribution in [0.2, 0.25) is 0 Å². The second-order valence-corrected chi connectivity index (χ2v) is 7.19. The molecule has 0 saturated carbocycles. The van der Waals surface area contributed by atoms with Crippen molar-refractivity contribution in [3.63, 3.8) is 0 Å². The molecular formula is C20H18N8O3. The summed E-state index contributed by atoms with van der Waals surface area (Å²) in [6.07, 6.45) is 1.45. The first-order chi connectivity index (χ1) is 14.9. The fourth-order valence-corrected chi connectivity index (χ4v) is 3.64. The predicted molar refractivity (Wildman–Crippen MR) is 116 cm³/mol. The van der Waals surface area contributed by atoms with E-state index in [-0.39, 0.29) is 29.5 Å². The van der Waals surface area contributed by atoms with Crippen molar-refractivity contribution in [2.45, 2.75) is 6.54 Å². The molecule has 0 atom stereocenters. The summed E-state index contributed by atoms with van der Waals surface area (Å²) in [5.41, 5.74) is 0.711. The van der Waals surface area contributed by atoms with Gasteiger partial charge >= 0.3 is 11.4 Å². The Morgan fingerprint density at radius 1 is 1.03 bits per heavy atom. The Labute approximate surface area is 173 Å². The Kier molecular flexibility index (Phi) is 4.10. The number of aryl methyl sites for hydroxylation is 2. The molecule has 0 fully saturated rings. The summed E-state index contributed by atoms with van der Waals surface area (Å²) in [6, 6.07) is 11.2. The van der Waals surface area contributed by atoms with Crippen molar-refractivity contribution in [2.24, 2.45) is 14.1 Å². The van der Waals surface area contributed by atoms with E-state index < -0.39 is 16.9 Å². The number of anilines is 2. The van der Waals surface area contributed by atoms with E-state index in [9.17, 15) is 14.4 Å². The fourth-order valence-electron chi connectivity index (χ4n) is 3.64. The molecule has 0 bridgehead atoms. The van der Waals surface area contributed by atoms with Gasteiger partial charge in [-0.05, 0) is 23.6 Å². The number of hydrogen-bond donors (Lipinski definition) is 3. The summed E-state index contributed by atoms with van der Waals surface area (Å²) in [4.78, 5) is 51.5. The first-order valence-corrected chi connectivity index (χ1v) is 9.48. The van der Waals surface area contributed by atoms with Crippen LogP contribution >= 0.6 is 0 Å². The molecule has 11 heteroatoms. The molecule has 0 radical (unpaired) electrons. The number of para-hydroxylation sites is 1. The molecule has 1 aromatic carbocycles. The largest absolute Gasteiger partial charge is 0.357 e. The van der Waals surface area contributed by atoms with Gasteiger partial charge < -0.3 is 19.9 Å². The van der Waals surface area contributed by atoms with Gasteiger partial charge in [0.05, 0.1) is 6.54 Å². The molecule has 5 aromatic rings. The van der Waals surface area contributed by atoms with Crippen molar-refractivity contribution in [2.75, 3.05) is 5.32 Å². The highest BCUT2D eigenvalue weighted by Crippen LogP contribution is 2.18. The van der Waals surface area contributed by atoms with Gasteiger partial charge in [-0.15, -0.1) is 0 Å². The first kappa shape index (κ1) is 18.6. The molecule has 11 nitrogen and oxygen atoms in total. The maximum Gasteiger partial charge on any atom is 0.346 e. The second kappa shape index (κ2) is 6.83. The summed E-state index contributed by atoms with van der Waals surface area (Å²) >= 11 is 0. The van der Waals surface area contributed by atoms with Gasteiger partial charge in [-0.2, -0.15) is 9.97 Å². The van der Waals surface area contributed by atoms with Gasteiger partial charge in [-0.3, -0.25) is 13.9 Å². The number of nitrogens with one attached hydrogen (secondary N) is 3. The average Bonchev–Trinajstić information content (AvgIpc) is 3.30. The number of hydrogen-bond acceptors (Lipinski definition) is 6. The average molecular weight is 418 g/mol. The zero-order valence-electron chi connectivity index (χ0n) is 16.7. The highest BCUT2D eigenvalue weighted by molar-refractivity contribution is 5.80.